The molecule has 0 aliphatic carbocycles. The topological polar surface area (TPSA) is 23.5 Å². The van der Waals surface area contributed by atoms with Crippen LogP contribution in [0.2, 0.25) is 0 Å². The van der Waals surface area contributed by atoms with Gasteiger partial charge in [-0.05, 0) is 24.6 Å². The highest BCUT2D eigenvalue weighted by Gasteiger charge is 2.08. The molecule has 84 valence electrons. The molecule has 0 saturated carbocycles. The molecule has 0 bridgehead atoms. The predicted octanol–water partition coefficient (Wildman–Crippen LogP) is 2.44. The number of rotatable bonds is 4. The highest BCUT2D eigenvalue weighted by Crippen LogP contribution is 2.18. The highest BCUT2D eigenvalue weighted by atomic mass is 19.3. The molecule has 15 heavy (non-hydrogen) atoms. The molecule has 1 rings (SSSR count). The predicted molar refractivity (Wildman–Crippen MR) is 56.3 cm³/mol. The van der Waals surface area contributed by atoms with Crippen LogP contribution < -0.4 is 4.90 Å². The van der Waals surface area contributed by atoms with Gasteiger partial charge in [0.05, 0.1) is 12.6 Å². The van der Waals surface area contributed by atoms with Crippen LogP contribution in [-0.4, -0.2) is 25.1 Å². The standard InChI is InChI=1S/C11H15F2NO/c1-8(15)9-3-5-10(6-4-9)14(2)7-11(12)13/h3-6,8,11,15H,7H2,1-2H3. The van der Waals surface area contributed by atoms with Gasteiger partial charge in [0.1, 0.15) is 0 Å². The first-order valence-corrected chi connectivity index (χ1v) is 4.78. The molecule has 1 aromatic carbocycles. The highest BCUT2D eigenvalue weighted by molar-refractivity contribution is 5.47. The lowest BCUT2D eigenvalue weighted by atomic mass is 10.1. The van der Waals surface area contributed by atoms with Crippen LogP contribution in [0.3, 0.4) is 0 Å². The fraction of sp³-hybridized carbons (Fsp3) is 0.455. The summed E-state index contributed by atoms with van der Waals surface area (Å²) in [7, 11) is 1.61. The van der Waals surface area contributed by atoms with E-state index in [4.69, 9.17) is 0 Å². The second kappa shape index (κ2) is 5.07. The second-order valence-electron chi connectivity index (χ2n) is 3.54. The molecule has 0 heterocycles. The fourth-order valence-corrected chi connectivity index (χ4v) is 1.32. The van der Waals surface area contributed by atoms with Crippen molar-refractivity contribution in [2.45, 2.75) is 19.5 Å². The van der Waals surface area contributed by atoms with Crippen molar-refractivity contribution in [2.75, 3.05) is 18.5 Å². The van der Waals surface area contributed by atoms with Gasteiger partial charge >= 0.3 is 0 Å². The molecule has 0 aromatic heterocycles. The van der Waals surface area contributed by atoms with Crippen LogP contribution >= 0.6 is 0 Å². The molecule has 1 atom stereocenters. The Morgan fingerprint density at radius 1 is 1.27 bits per heavy atom. The molecule has 0 aliphatic heterocycles. The van der Waals surface area contributed by atoms with Crippen molar-refractivity contribution in [2.24, 2.45) is 0 Å². The van der Waals surface area contributed by atoms with Crippen LogP contribution in [0.5, 0.6) is 0 Å². The van der Waals surface area contributed by atoms with E-state index in [0.717, 1.165) is 11.3 Å². The molecule has 1 unspecified atom stereocenters. The summed E-state index contributed by atoms with van der Waals surface area (Å²) in [5.41, 5.74) is 1.50. The average Bonchev–Trinajstić information content (AvgIpc) is 2.17. The summed E-state index contributed by atoms with van der Waals surface area (Å²) in [5.74, 6) is 0. The van der Waals surface area contributed by atoms with Gasteiger partial charge in [-0.2, -0.15) is 0 Å². The minimum Gasteiger partial charge on any atom is -0.389 e. The van der Waals surface area contributed by atoms with Gasteiger partial charge in [0.15, 0.2) is 0 Å². The number of hydrogen-bond acceptors (Lipinski definition) is 2. The van der Waals surface area contributed by atoms with Crippen molar-refractivity contribution in [3.05, 3.63) is 29.8 Å². The van der Waals surface area contributed by atoms with E-state index in [-0.39, 0.29) is 6.54 Å². The zero-order chi connectivity index (χ0) is 11.4. The Morgan fingerprint density at radius 2 is 1.80 bits per heavy atom. The van der Waals surface area contributed by atoms with E-state index in [2.05, 4.69) is 0 Å². The molecule has 0 aliphatic rings. The van der Waals surface area contributed by atoms with Gasteiger partial charge in [0.25, 0.3) is 6.43 Å². The first kappa shape index (κ1) is 11.9. The van der Waals surface area contributed by atoms with Crippen molar-refractivity contribution >= 4 is 5.69 Å². The monoisotopic (exact) mass is 215 g/mol. The number of alkyl halides is 2. The molecule has 1 aromatic rings. The maximum Gasteiger partial charge on any atom is 0.255 e. The Balaban J connectivity index is 2.71. The van der Waals surface area contributed by atoms with Crippen LogP contribution in [0, 0.1) is 0 Å². The number of aliphatic hydroxyl groups is 1. The zero-order valence-electron chi connectivity index (χ0n) is 8.82. The molecule has 1 N–H and O–H groups in total. The van der Waals surface area contributed by atoms with Gasteiger partial charge in [-0.25, -0.2) is 8.78 Å². The fourth-order valence-electron chi connectivity index (χ4n) is 1.32. The summed E-state index contributed by atoms with van der Waals surface area (Å²) >= 11 is 0. The van der Waals surface area contributed by atoms with Gasteiger partial charge in [0.2, 0.25) is 0 Å². The van der Waals surface area contributed by atoms with Gasteiger partial charge in [0, 0.05) is 12.7 Å². The van der Waals surface area contributed by atoms with E-state index >= 15 is 0 Å². The molecule has 0 amide bonds. The smallest absolute Gasteiger partial charge is 0.255 e. The normalized spacial score (nSPS) is 12.9. The summed E-state index contributed by atoms with van der Waals surface area (Å²) in [4.78, 5) is 1.48. The summed E-state index contributed by atoms with van der Waals surface area (Å²) in [6, 6.07) is 6.93. The Labute approximate surface area is 88.1 Å². The maximum atomic E-state index is 12.1. The van der Waals surface area contributed by atoms with Crippen LogP contribution in [-0.2, 0) is 0 Å². The van der Waals surface area contributed by atoms with Crippen molar-refractivity contribution in [3.8, 4) is 0 Å². The lowest BCUT2D eigenvalue weighted by Crippen LogP contribution is -2.23. The van der Waals surface area contributed by atoms with E-state index in [1.807, 2.05) is 0 Å². The third kappa shape index (κ3) is 3.47. The number of benzene rings is 1. The van der Waals surface area contributed by atoms with Gasteiger partial charge in [-0.3, -0.25) is 0 Å². The van der Waals surface area contributed by atoms with Crippen LogP contribution in [0.25, 0.3) is 0 Å². The van der Waals surface area contributed by atoms with E-state index in [9.17, 15) is 13.9 Å². The molecular formula is C11H15F2NO. The molecule has 0 radical (unpaired) electrons. The van der Waals surface area contributed by atoms with E-state index < -0.39 is 12.5 Å². The molecule has 4 heteroatoms. The minimum atomic E-state index is -2.34. The number of nitrogens with zero attached hydrogens (tertiary/aromatic N) is 1. The van der Waals surface area contributed by atoms with Crippen molar-refractivity contribution in [1.82, 2.24) is 0 Å². The van der Waals surface area contributed by atoms with E-state index in [1.165, 1.54) is 4.90 Å². The number of hydrogen-bond donors (Lipinski definition) is 1. The van der Waals surface area contributed by atoms with Gasteiger partial charge in [-0.15, -0.1) is 0 Å². The maximum absolute atomic E-state index is 12.1. The lowest BCUT2D eigenvalue weighted by molar-refractivity contribution is 0.156. The van der Waals surface area contributed by atoms with Gasteiger partial charge in [-0.1, -0.05) is 12.1 Å². The van der Waals surface area contributed by atoms with Gasteiger partial charge < -0.3 is 10.0 Å². The largest absolute Gasteiger partial charge is 0.389 e. The lowest BCUT2D eigenvalue weighted by Gasteiger charge is -2.19. The molecular weight excluding hydrogens is 200 g/mol. The van der Waals surface area contributed by atoms with Crippen molar-refractivity contribution in [3.63, 3.8) is 0 Å². The second-order valence-corrected chi connectivity index (χ2v) is 3.54. The zero-order valence-corrected chi connectivity index (χ0v) is 8.82. The molecule has 0 fully saturated rings. The SMILES string of the molecule is CC(O)c1ccc(N(C)CC(F)F)cc1. The number of aliphatic hydroxyl groups excluding tert-OH is 1. The van der Waals surface area contributed by atoms with E-state index in [0.29, 0.717) is 0 Å². The number of anilines is 1. The summed E-state index contributed by atoms with van der Waals surface area (Å²) in [6.45, 7) is 1.38. The Morgan fingerprint density at radius 3 is 2.20 bits per heavy atom. The Hall–Kier alpha value is -1.16. The molecule has 0 spiro atoms. The minimum absolute atomic E-state index is 0.284. The summed E-state index contributed by atoms with van der Waals surface area (Å²) in [5, 5.41) is 9.27. The Kier molecular flexibility index (Phi) is 4.03. The first-order valence-electron chi connectivity index (χ1n) is 4.78. The van der Waals surface area contributed by atoms with Crippen molar-refractivity contribution in [1.29, 1.82) is 0 Å². The van der Waals surface area contributed by atoms with Crippen LogP contribution in [0.1, 0.15) is 18.6 Å². The molecule has 0 saturated heterocycles. The van der Waals surface area contributed by atoms with Crippen LogP contribution in [0.15, 0.2) is 24.3 Å². The first-order chi connectivity index (χ1) is 7.00. The average molecular weight is 215 g/mol. The van der Waals surface area contributed by atoms with Crippen molar-refractivity contribution < 1.29 is 13.9 Å². The number of halogens is 2. The van der Waals surface area contributed by atoms with Crippen LogP contribution in [0.4, 0.5) is 14.5 Å². The third-order valence-electron chi connectivity index (χ3n) is 2.23. The Bertz CT molecular complexity index is 298. The van der Waals surface area contributed by atoms with E-state index in [1.54, 1.807) is 38.2 Å². The summed E-state index contributed by atoms with van der Waals surface area (Å²) in [6.07, 6.45) is -2.87. The summed E-state index contributed by atoms with van der Waals surface area (Å²) < 4.78 is 24.2. The molecule has 2 nitrogen and oxygen atoms in total. The third-order valence-corrected chi connectivity index (χ3v) is 2.23. The quantitative estimate of drug-likeness (QED) is 0.833.